The molecule has 10 nitrogen and oxygen atoms in total. The fourth-order valence-corrected chi connectivity index (χ4v) is 6.91. The minimum atomic E-state index is -0.805. The predicted octanol–water partition coefficient (Wildman–Crippen LogP) is 6.23. The molecule has 0 saturated carbocycles. The van der Waals surface area contributed by atoms with E-state index in [1.54, 1.807) is 54.7 Å². The van der Waals surface area contributed by atoms with Crippen LogP contribution in [0.25, 0.3) is 26.3 Å². The molecule has 0 spiro atoms. The molecule has 6 rings (SSSR count). The maximum Gasteiger partial charge on any atom is 0.343 e. The summed E-state index contributed by atoms with van der Waals surface area (Å²) in [5, 5.41) is 2.91. The van der Waals surface area contributed by atoms with Crippen molar-refractivity contribution in [2.75, 3.05) is 19.5 Å². The molecule has 0 aliphatic heterocycles. The Bertz CT molecular complexity index is 2230. The molecule has 0 aliphatic rings. The standard InChI is InChI=1S/C36H32F2N6O4S/c1-22-10-16-26(17-11-22)44-33(45)31-28(20-42(2)19-25-7-4-5-18-39-25)32(23-12-14-24(15-13-23)40-35(46)41-48-3)49-34(31)43(36(44)47)21-27-29(37)8-6-9-30(27)38/h4-18H,19-21H2,1-3H3,(H2,40,41,46). The van der Waals surface area contributed by atoms with Gasteiger partial charge >= 0.3 is 11.7 Å². The normalized spacial score (nSPS) is 11.3. The number of anilines is 1. The topological polar surface area (TPSA) is 110 Å². The van der Waals surface area contributed by atoms with E-state index in [1.807, 2.05) is 37.1 Å². The van der Waals surface area contributed by atoms with Gasteiger partial charge in [0.15, 0.2) is 0 Å². The molecular weight excluding hydrogens is 650 g/mol. The average Bonchev–Trinajstić information content (AvgIpc) is 3.45. The van der Waals surface area contributed by atoms with Crippen LogP contribution in [0.3, 0.4) is 0 Å². The predicted molar refractivity (Wildman–Crippen MR) is 186 cm³/mol. The number of thiophene rings is 1. The molecule has 6 aromatic rings. The van der Waals surface area contributed by atoms with Gasteiger partial charge in [-0.25, -0.2) is 28.4 Å². The van der Waals surface area contributed by atoms with Gasteiger partial charge in [-0.2, -0.15) is 0 Å². The SMILES string of the molecule is CONC(=O)Nc1ccc(-c2sc3c(c2CN(C)Cc2ccccn2)c(=O)n(-c2ccc(C)cc2)c(=O)n3Cc2c(F)cccc2F)cc1. The van der Waals surface area contributed by atoms with E-state index in [-0.39, 0.29) is 22.3 Å². The van der Waals surface area contributed by atoms with Gasteiger partial charge in [0.05, 0.1) is 30.4 Å². The number of hydrogen-bond acceptors (Lipinski definition) is 7. The van der Waals surface area contributed by atoms with E-state index in [0.717, 1.165) is 28.0 Å². The number of nitrogens with one attached hydrogen (secondary N) is 2. The minimum absolute atomic E-state index is 0.256. The highest BCUT2D eigenvalue weighted by Gasteiger charge is 2.26. The van der Waals surface area contributed by atoms with Crippen molar-refractivity contribution < 1.29 is 18.4 Å². The third-order valence-electron chi connectivity index (χ3n) is 7.93. The monoisotopic (exact) mass is 682 g/mol. The molecule has 13 heteroatoms. The third kappa shape index (κ3) is 7.04. The summed E-state index contributed by atoms with van der Waals surface area (Å²) in [7, 11) is 3.22. The second kappa shape index (κ2) is 14.3. The number of nitrogens with zero attached hydrogens (tertiary/aromatic N) is 4. The van der Waals surface area contributed by atoms with Crippen LogP contribution in [0.4, 0.5) is 19.3 Å². The summed E-state index contributed by atoms with van der Waals surface area (Å²) in [5.41, 5.74) is 4.52. The van der Waals surface area contributed by atoms with Crippen LogP contribution in [0.1, 0.15) is 22.4 Å². The molecule has 0 bridgehead atoms. The molecule has 49 heavy (non-hydrogen) atoms. The summed E-state index contributed by atoms with van der Waals surface area (Å²) in [6.07, 6.45) is 1.71. The lowest BCUT2D eigenvalue weighted by Crippen LogP contribution is -2.39. The lowest BCUT2D eigenvalue weighted by molar-refractivity contribution is 0.114. The fourth-order valence-electron chi connectivity index (χ4n) is 5.60. The van der Waals surface area contributed by atoms with Gasteiger partial charge in [0.2, 0.25) is 0 Å². The summed E-state index contributed by atoms with van der Waals surface area (Å²) < 4.78 is 32.4. The smallest absolute Gasteiger partial charge is 0.306 e. The number of hydroxylamine groups is 1. The maximum absolute atomic E-state index is 15.0. The number of carbonyl (C=O) groups excluding carboxylic acids is 1. The molecule has 2 amide bonds. The van der Waals surface area contributed by atoms with E-state index in [9.17, 15) is 14.4 Å². The second-order valence-corrected chi connectivity index (χ2v) is 12.5. The zero-order valence-electron chi connectivity index (χ0n) is 26.9. The Labute approximate surface area is 283 Å². The van der Waals surface area contributed by atoms with Crippen molar-refractivity contribution in [3.63, 3.8) is 0 Å². The molecule has 0 atom stereocenters. The number of halogens is 2. The third-order valence-corrected chi connectivity index (χ3v) is 9.23. The second-order valence-electron chi connectivity index (χ2n) is 11.5. The summed E-state index contributed by atoms with van der Waals surface area (Å²) in [5.74, 6) is -1.61. The summed E-state index contributed by atoms with van der Waals surface area (Å²) in [4.78, 5) is 52.8. The first-order valence-electron chi connectivity index (χ1n) is 15.2. The molecule has 3 heterocycles. The van der Waals surface area contributed by atoms with E-state index in [0.29, 0.717) is 33.9 Å². The van der Waals surface area contributed by atoms with Crippen molar-refractivity contribution in [1.82, 2.24) is 24.5 Å². The first-order valence-corrected chi connectivity index (χ1v) is 16.1. The van der Waals surface area contributed by atoms with Gasteiger partial charge < -0.3 is 5.32 Å². The van der Waals surface area contributed by atoms with E-state index in [1.165, 1.54) is 29.1 Å². The molecule has 3 aromatic carbocycles. The number of carbonyl (C=O) groups is 1. The van der Waals surface area contributed by atoms with Crippen LogP contribution < -0.4 is 22.0 Å². The van der Waals surface area contributed by atoms with Crippen molar-refractivity contribution in [2.45, 2.75) is 26.6 Å². The van der Waals surface area contributed by atoms with Gasteiger partial charge in [0, 0.05) is 35.4 Å². The van der Waals surface area contributed by atoms with Crippen LogP contribution >= 0.6 is 11.3 Å². The summed E-state index contributed by atoms with van der Waals surface area (Å²) in [6, 6.07) is 22.5. The summed E-state index contributed by atoms with van der Waals surface area (Å²) >= 11 is 1.19. The zero-order chi connectivity index (χ0) is 34.7. The van der Waals surface area contributed by atoms with Crippen LogP contribution in [0.5, 0.6) is 0 Å². The molecule has 2 N–H and O–H groups in total. The number of aryl methyl sites for hydroxylation is 1. The number of aromatic nitrogens is 3. The molecule has 0 unspecified atom stereocenters. The fraction of sp³-hybridized carbons (Fsp3) is 0.167. The molecule has 3 aromatic heterocycles. The van der Waals surface area contributed by atoms with Gasteiger partial charge in [0.1, 0.15) is 16.5 Å². The van der Waals surface area contributed by atoms with E-state index in [2.05, 4.69) is 20.6 Å². The van der Waals surface area contributed by atoms with E-state index in [4.69, 9.17) is 0 Å². The first kappa shape index (κ1) is 33.4. The maximum atomic E-state index is 15.0. The van der Waals surface area contributed by atoms with Gasteiger partial charge in [-0.05, 0) is 73.6 Å². The largest absolute Gasteiger partial charge is 0.343 e. The highest BCUT2D eigenvalue weighted by Crippen LogP contribution is 2.38. The van der Waals surface area contributed by atoms with Gasteiger partial charge in [-0.3, -0.25) is 24.1 Å². The Morgan fingerprint density at radius 2 is 1.63 bits per heavy atom. The number of hydrogen-bond donors (Lipinski definition) is 2. The minimum Gasteiger partial charge on any atom is -0.306 e. The molecule has 250 valence electrons. The van der Waals surface area contributed by atoms with Crippen molar-refractivity contribution in [1.29, 1.82) is 0 Å². The van der Waals surface area contributed by atoms with Crippen LogP contribution in [0.2, 0.25) is 0 Å². The Morgan fingerprint density at radius 3 is 2.29 bits per heavy atom. The Kier molecular flexibility index (Phi) is 9.76. The molecular formula is C36H32F2N6O4S. The zero-order valence-corrected chi connectivity index (χ0v) is 27.7. The lowest BCUT2D eigenvalue weighted by Gasteiger charge is -2.18. The van der Waals surface area contributed by atoms with Crippen molar-refractivity contribution >= 4 is 33.3 Å². The van der Waals surface area contributed by atoms with Crippen molar-refractivity contribution in [2.24, 2.45) is 0 Å². The summed E-state index contributed by atoms with van der Waals surface area (Å²) in [6.45, 7) is 2.18. The molecule has 0 aliphatic carbocycles. The number of pyridine rings is 1. The Morgan fingerprint density at radius 1 is 0.918 bits per heavy atom. The lowest BCUT2D eigenvalue weighted by atomic mass is 10.1. The first-order chi connectivity index (χ1) is 23.6. The number of amides is 2. The Hall–Kier alpha value is -5.50. The van der Waals surface area contributed by atoms with E-state index >= 15 is 8.78 Å². The average molecular weight is 683 g/mol. The molecule has 0 radical (unpaired) electrons. The number of rotatable bonds is 10. The van der Waals surface area contributed by atoms with Gasteiger partial charge in [-0.15, -0.1) is 11.3 Å². The van der Waals surface area contributed by atoms with Gasteiger partial charge in [-0.1, -0.05) is 42.0 Å². The van der Waals surface area contributed by atoms with Gasteiger partial charge in [0.25, 0.3) is 5.56 Å². The number of urea groups is 1. The van der Waals surface area contributed by atoms with Crippen LogP contribution in [-0.4, -0.2) is 39.2 Å². The number of benzene rings is 3. The molecule has 0 fully saturated rings. The molecule has 0 saturated heterocycles. The number of fused-ring (bicyclic) bond motifs is 1. The highest BCUT2D eigenvalue weighted by molar-refractivity contribution is 7.22. The van der Waals surface area contributed by atoms with Crippen molar-refractivity contribution in [3.05, 3.63) is 146 Å². The Balaban J connectivity index is 1.59. The van der Waals surface area contributed by atoms with E-state index < -0.39 is 35.5 Å². The van der Waals surface area contributed by atoms with Crippen LogP contribution in [-0.2, 0) is 24.5 Å². The van der Waals surface area contributed by atoms with Crippen LogP contribution in [0, 0.1) is 18.6 Å². The quantitative estimate of drug-likeness (QED) is 0.166. The van der Waals surface area contributed by atoms with Crippen molar-refractivity contribution in [3.8, 4) is 16.1 Å². The highest BCUT2D eigenvalue weighted by atomic mass is 32.1. The van der Waals surface area contributed by atoms with Crippen LogP contribution in [0.15, 0.2) is 101 Å².